The number of piperidine rings is 1. The molecular formula is C19H27N5O. The van der Waals surface area contributed by atoms with Crippen LogP contribution in [-0.4, -0.2) is 45.3 Å². The molecule has 6 nitrogen and oxygen atoms in total. The van der Waals surface area contributed by atoms with Crippen LogP contribution in [0.3, 0.4) is 0 Å². The molecule has 0 atom stereocenters. The van der Waals surface area contributed by atoms with Crippen LogP contribution in [0.4, 0.5) is 0 Å². The summed E-state index contributed by atoms with van der Waals surface area (Å²) in [5, 5.41) is 12.9. The van der Waals surface area contributed by atoms with Gasteiger partial charge in [0.15, 0.2) is 5.82 Å². The van der Waals surface area contributed by atoms with Crippen LogP contribution in [0, 0.1) is 0 Å². The molecule has 134 valence electrons. The smallest absolute Gasteiger partial charge is 0.176 e. The van der Waals surface area contributed by atoms with Crippen molar-refractivity contribution in [2.75, 3.05) is 20.2 Å². The van der Waals surface area contributed by atoms with E-state index in [0.717, 1.165) is 43.2 Å². The van der Waals surface area contributed by atoms with Crippen LogP contribution in [0.2, 0.25) is 0 Å². The molecule has 0 unspecified atom stereocenters. The van der Waals surface area contributed by atoms with E-state index in [0.29, 0.717) is 0 Å². The maximum Gasteiger partial charge on any atom is 0.176 e. The number of tetrazole rings is 1. The van der Waals surface area contributed by atoms with E-state index in [1.807, 2.05) is 28.9 Å². The molecule has 2 fully saturated rings. The summed E-state index contributed by atoms with van der Waals surface area (Å²) >= 11 is 0. The van der Waals surface area contributed by atoms with Crippen molar-refractivity contribution in [2.24, 2.45) is 0 Å². The molecule has 0 bridgehead atoms. The van der Waals surface area contributed by atoms with E-state index in [9.17, 15) is 0 Å². The molecule has 2 heterocycles. The van der Waals surface area contributed by atoms with Gasteiger partial charge in [-0.3, -0.25) is 4.90 Å². The fourth-order valence-corrected chi connectivity index (χ4v) is 4.51. The minimum absolute atomic E-state index is 0.0118. The predicted octanol–water partition coefficient (Wildman–Crippen LogP) is 3.32. The van der Waals surface area contributed by atoms with Gasteiger partial charge in [-0.25, -0.2) is 0 Å². The van der Waals surface area contributed by atoms with Crippen LogP contribution in [0.25, 0.3) is 5.69 Å². The predicted molar refractivity (Wildman–Crippen MR) is 95.9 cm³/mol. The summed E-state index contributed by atoms with van der Waals surface area (Å²) < 4.78 is 7.22. The van der Waals surface area contributed by atoms with Gasteiger partial charge in [0.05, 0.1) is 18.3 Å². The van der Waals surface area contributed by atoms with E-state index >= 15 is 0 Å². The molecule has 0 amide bonds. The fourth-order valence-electron chi connectivity index (χ4n) is 4.51. The van der Waals surface area contributed by atoms with Gasteiger partial charge in [-0.05, 0) is 73.5 Å². The largest absolute Gasteiger partial charge is 0.497 e. The average molecular weight is 341 g/mol. The molecule has 6 heteroatoms. The molecule has 2 aromatic rings. The highest BCUT2D eigenvalue weighted by Crippen LogP contribution is 2.43. The number of aromatic nitrogens is 4. The molecule has 25 heavy (non-hydrogen) atoms. The van der Waals surface area contributed by atoms with Crippen LogP contribution >= 0.6 is 0 Å². The highest BCUT2D eigenvalue weighted by molar-refractivity contribution is 5.37. The molecule has 1 aromatic heterocycles. The monoisotopic (exact) mass is 341 g/mol. The molecule has 4 rings (SSSR count). The van der Waals surface area contributed by atoms with Crippen molar-refractivity contribution >= 4 is 0 Å². The van der Waals surface area contributed by atoms with Crippen molar-refractivity contribution < 1.29 is 4.74 Å². The first kappa shape index (κ1) is 16.5. The molecule has 1 aliphatic heterocycles. The summed E-state index contributed by atoms with van der Waals surface area (Å²) in [5.41, 5.74) is 0.991. The lowest BCUT2D eigenvalue weighted by molar-refractivity contribution is 0.0213. The Morgan fingerprint density at radius 3 is 2.28 bits per heavy atom. The Bertz CT molecular complexity index is 684. The Labute approximate surface area is 149 Å². The van der Waals surface area contributed by atoms with E-state index in [-0.39, 0.29) is 5.54 Å². The Morgan fingerprint density at radius 1 is 0.920 bits per heavy atom. The molecule has 0 radical (unpaired) electrons. The number of nitrogens with zero attached hydrogens (tertiary/aromatic N) is 5. The molecule has 1 saturated heterocycles. The van der Waals surface area contributed by atoms with Crippen LogP contribution in [0.1, 0.15) is 57.2 Å². The Hall–Kier alpha value is -1.95. The van der Waals surface area contributed by atoms with Gasteiger partial charge >= 0.3 is 0 Å². The number of rotatable bonds is 4. The van der Waals surface area contributed by atoms with E-state index in [1.165, 1.54) is 38.5 Å². The van der Waals surface area contributed by atoms with Crippen LogP contribution < -0.4 is 4.74 Å². The Kier molecular flexibility index (Phi) is 4.70. The van der Waals surface area contributed by atoms with Gasteiger partial charge in [-0.15, -0.1) is 5.10 Å². The third-order valence-corrected chi connectivity index (χ3v) is 5.84. The first-order chi connectivity index (χ1) is 12.3. The highest BCUT2D eigenvalue weighted by Gasteiger charge is 2.44. The molecule has 1 saturated carbocycles. The molecule has 0 N–H and O–H groups in total. The van der Waals surface area contributed by atoms with Gasteiger partial charge in [0, 0.05) is 0 Å². The van der Waals surface area contributed by atoms with Gasteiger partial charge in [0.1, 0.15) is 5.75 Å². The number of methoxy groups -OCH3 is 1. The lowest BCUT2D eigenvalue weighted by Gasteiger charge is -2.47. The van der Waals surface area contributed by atoms with Crippen molar-refractivity contribution in [3.8, 4) is 11.4 Å². The van der Waals surface area contributed by atoms with Crippen LogP contribution in [0.5, 0.6) is 5.75 Å². The van der Waals surface area contributed by atoms with Crippen molar-refractivity contribution in [2.45, 2.75) is 56.9 Å². The minimum Gasteiger partial charge on any atom is -0.497 e. The van der Waals surface area contributed by atoms with Gasteiger partial charge < -0.3 is 4.74 Å². The standard InChI is InChI=1S/C19H27N5O/c1-25-17-10-8-16(9-11-17)24-18(20-21-22-24)19(12-4-2-5-13-19)23-14-6-3-7-15-23/h8-11H,2-7,12-15H2,1H3. The average Bonchev–Trinajstić information content (AvgIpc) is 3.20. The lowest BCUT2D eigenvalue weighted by Crippen LogP contribution is -2.51. The van der Waals surface area contributed by atoms with Gasteiger partial charge in [0.25, 0.3) is 0 Å². The topological polar surface area (TPSA) is 56.1 Å². The summed E-state index contributed by atoms with van der Waals surface area (Å²) in [4.78, 5) is 2.67. The second kappa shape index (κ2) is 7.12. The second-order valence-corrected chi connectivity index (χ2v) is 7.25. The zero-order valence-electron chi connectivity index (χ0n) is 15.0. The summed E-state index contributed by atoms with van der Waals surface area (Å²) in [6.07, 6.45) is 10.1. The maximum absolute atomic E-state index is 5.28. The third kappa shape index (κ3) is 3.03. The fraction of sp³-hybridized carbons (Fsp3) is 0.632. The molecule has 2 aliphatic rings. The zero-order valence-corrected chi connectivity index (χ0v) is 15.0. The van der Waals surface area contributed by atoms with Gasteiger partial charge in [0.2, 0.25) is 0 Å². The normalized spacial score (nSPS) is 21.2. The molecule has 1 aromatic carbocycles. The number of hydrogen-bond acceptors (Lipinski definition) is 5. The summed E-state index contributed by atoms with van der Waals surface area (Å²) in [7, 11) is 1.69. The first-order valence-corrected chi connectivity index (χ1v) is 9.52. The quantitative estimate of drug-likeness (QED) is 0.854. The molecular weight excluding hydrogens is 314 g/mol. The number of likely N-dealkylation sites (tertiary alicyclic amines) is 1. The number of benzene rings is 1. The van der Waals surface area contributed by atoms with E-state index < -0.39 is 0 Å². The van der Waals surface area contributed by atoms with Gasteiger partial charge in [-0.1, -0.05) is 25.7 Å². The third-order valence-electron chi connectivity index (χ3n) is 5.84. The van der Waals surface area contributed by atoms with E-state index in [4.69, 9.17) is 4.74 Å². The zero-order chi connectivity index (χ0) is 17.1. The number of ether oxygens (including phenoxy) is 1. The Balaban J connectivity index is 1.73. The van der Waals surface area contributed by atoms with E-state index in [2.05, 4.69) is 20.4 Å². The van der Waals surface area contributed by atoms with Gasteiger partial charge in [-0.2, -0.15) is 4.68 Å². The highest BCUT2D eigenvalue weighted by atomic mass is 16.5. The number of hydrogen-bond donors (Lipinski definition) is 0. The van der Waals surface area contributed by atoms with Crippen molar-refractivity contribution in [1.82, 2.24) is 25.1 Å². The maximum atomic E-state index is 5.28. The van der Waals surface area contributed by atoms with Crippen molar-refractivity contribution in [1.29, 1.82) is 0 Å². The summed E-state index contributed by atoms with van der Waals surface area (Å²) in [6, 6.07) is 8.00. The Morgan fingerprint density at radius 2 is 1.60 bits per heavy atom. The van der Waals surface area contributed by atoms with Crippen LogP contribution in [-0.2, 0) is 5.54 Å². The minimum atomic E-state index is -0.0118. The van der Waals surface area contributed by atoms with Crippen molar-refractivity contribution in [3.63, 3.8) is 0 Å². The van der Waals surface area contributed by atoms with E-state index in [1.54, 1.807) is 7.11 Å². The SMILES string of the molecule is COc1ccc(-n2nnnc2C2(N3CCCCC3)CCCCC2)cc1. The lowest BCUT2D eigenvalue weighted by atomic mass is 9.78. The molecule has 0 spiro atoms. The van der Waals surface area contributed by atoms with Crippen LogP contribution in [0.15, 0.2) is 24.3 Å². The summed E-state index contributed by atoms with van der Waals surface area (Å²) in [5.74, 6) is 1.86. The first-order valence-electron chi connectivity index (χ1n) is 9.52. The summed E-state index contributed by atoms with van der Waals surface area (Å²) in [6.45, 7) is 2.32. The molecule has 1 aliphatic carbocycles. The van der Waals surface area contributed by atoms with Crippen molar-refractivity contribution in [3.05, 3.63) is 30.1 Å². The second-order valence-electron chi connectivity index (χ2n) is 7.25.